The minimum atomic E-state index is -4.26. The van der Waals surface area contributed by atoms with Crippen LogP contribution in [0.4, 0.5) is 0 Å². The standard InChI is InChI=1S/C17H28Cl10O8P2/c18-1-13(24)5-30-36(28,31-6-14(25)2-19)34-11-17(9-22,10-23)12-35-37(29,32-7-15(26)3-20)33-8-16(27)4-21/h13-16H,1-12H2. The van der Waals surface area contributed by atoms with Gasteiger partial charge in [-0.25, -0.2) is 9.13 Å². The van der Waals surface area contributed by atoms with Crippen LogP contribution in [0, 0.1) is 5.41 Å². The summed E-state index contributed by atoms with van der Waals surface area (Å²) in [5.41, 5.74) is -1.27. The van der Waals surface area contributed by atoms with Crippen molar-refractivity contribution in [2.75, 3.05) is 74.9 Å². The summed E-state index contributed by atoms with van der Waals surface area (Å²) in [7, 11) is -8.51. The summed E-state index contributed by atoms with van der Waals surface area (Å²) in [6.07, 6.45) is 0. The molecule has 4 atom stereocenters. The van der Waals surface area contributed by atoms with Gasteiger partial charge in [0.15, 0.2) is 0 Å². The maximum atomic E-state index is 13.2. The minimum Gasteiger partial charge on any atom is -0.286 e. The molecule has 0 aromatic carbocycles. The summed E-state index contributed by atoms with van der Waals surface area (Å²) >= 11 is 58.7. The number of alkyl halides is 10. The van der Waals surface area contributed by atoms with Gasteiger partial charge in [0.2, 0.25) is 0 Å². The van der Waals surface area contributed by atoms with Crippen LogP contribution in [0.1, 0.15) is 0 Å². The van der Waals surface area contributed by atoms with Gasteiger partial charge in [-0.3, -0.25) is 27.1 Å². The van der Waals surface area contributed by atoms with Crippen LogP contribution in [0.2, 0.25) is 0 Å². The van der Waals surface area contributed by atoms with Crippen molar-refractivity contribution in [3.8, 4) is 0 Å². The smallest absolute Gasteiger partial charge is 0.286 e. The Morgan fingerprint density at radius 2 is 0.730 bits per heavy atom. The Balaban J connectivity index is 5.55. The van der Waals surface area contributed by atoms with E-state index in [1.807, 2.05) is 0 Å². The lowest BCUT2D eigenvalue weighted by atomic mass is 9.96. The first-order chi connectivity index (χ1) is 17.4. The van der Waals surface area contributed by atoms with Crippen LogP contribution in [0.3, 0.4) is 0 Å². The van der Waals surface area contributed by atoms with Gasteiger partial charge in [0.1, 0.15) is 0 Å². The molecule has 0 saturated heterocycles. The lowest BCUT2D eigenvalue weighted by molar-refractivity contribution is 0.0427. The molecule has 0 aliphatic rings. The Morgan fingerprint density at radius 1 is 0.486 bits per heavy atom. The van der Waals surface area contributed by atoms with Gasteiger partial charge in [0.05, 0.1) is 61.1 Å². The second-order valence-electron chi connectivity index (χ2n) is 7.40. The zero-order chi connectivity index (χ0) is 28.5. The summed E-state index contributed by atoms with van der Waals surface area (Å²) in [5.74, 6) is -0.352. The summed E-state index contributed by atoms with van der Waals surface area (Å²) in [6.45, 7) is -1.93. The van der Waals surface area contributed by atoms with E-state index in [9.17, 15) is 9.13 Å². The van der Waals surface area contributed by atoms with Gasteiger partial charge in [-0.15, -0.1) is 116 Å². The molecule has 0 aromatic heterocycles. The van der Waals surface area contributed by atoms with Gasteiger partial charge in [-0.1, -0.05) is 0 Å². The molecule has 4 unspecified atom stereocenters. The van der Waals surface area contributed by atoms with Crippen LogP contribution in [-0.2, 0) is 36.3 Å². The topological polar surface area (TPSA) is 89.5 Å². The predicted molar refractivity (Wildman–Crippen MR) is 156 cm³/mol. The third-order valence-corrected chi connectivity index (χ3v) is 11.1. The molecule has 0 amide bonds. The molecule has 8 nitrogen and oxygen atoms in total. The van der Waals surface area contributed by atoms with Crippen LogP contribution in [-0.4, -0.2) is 96.4 Å². The van der Waals surface area contributed by atoms with Crippen LogP contribution < -0.4 is 0 Å². The molecule has 0 aliphatic carbocycles. The molecular formula is C17H28Cl10O8P2. The Morgan fingerprint density at radius 3 is 0.919 bits per heavy atom. The maximum absolute atomic E-state index is 13.2. The van der Waals surface area contributed by atoms with Crippen molar-refractivity contribution in [3.05, 3.63) is 0 Å². The normalized spacial score (nSPS) is 19.1. The third kappa shape index (κ3) is 17.7. The molecule has 0 N–H and O–H groups in total. The second-order valence-corrected chi connectivity index (χ2v) is 15.0. The highest BCUT2D eigenvalue weighted by atomic mass is 35.5. The van der Waals surface area contributed by atoms with E-state index in [2.05, 4.69) is 0 Å². The zero-order valence-electron chi connectivity index (χ0n) is 19.2. The molecule has 20 heteroatoms. The second kappa shape index (κ2) is 21.8. The highest BCUT2D eigenvalue weighted by Crippen LogP contribution is 2.54. The molecule has 0 aromatic rings. The Kier molecular flexibility index (Phi) is 23.6. The number of halogens is 10. The largest absolute Gasteiger partial charge is 0.474 e. The molecule has 0 saturated carbocycles. The van der Waals surface area contributed by atoms with Crippen LogP contribution in [0.15, 0.2) is 0 Å². The first-order valence-corrected chi connectivity index (χ1v) is 18.2. The quantitative estimate of drug-likeness (QED) is 0.0718. The number of rotatable bonds is 24. The molecule has 0 spiro atoms. The van der Waals surface area contributed by atoms with E-state index in [1.54, 1.807) is 0 Å². The van der Waals surface area contributed by atoms with Crippen molar-refractivity contribution in [1.82, 2.24) is 0 Å². The summed E-state index contributed by atoms with van der Waals surface area (Å²) in [4.78, 5) is 0. The minimum absolute atomic E-state index is 0.0115. The number of hydrogen-bond acceptors (Lipinski definition) is 8. The molecule has 37 heavy (non-hydrogen) atoms. The molecule has 0 heterocycles. The average molecular weight is 777 g/mol. The summed E-state index contributed by atoms with van der Waals surface area (Å²) in [5, 5.41) is -2.75. The van der Waals surface area contributed by atoms with Crippen molar-refractivity contribution >= 4 is 132 Å². The van der Waals surface area contributed by atoms with Crippen molar-refractivity contribution in [1.29, 1.82) is 0 Å². The third-order valence-electron chi connectivity index (χ3n) is 3.95. The van der Waals surface area contributed by atoms with Gasteiger partial charge in [-0.05, 0) is 0 Å². The van der Waals surface area contributed by atoms with Crippen molar-refractivity contribution in [3.63, 3.8) is 0 Å². The number of phosphoric acid groups is 2. The van der Waals surface area contributed by atoms with Crippen LogP contribution in [0.25, 0.3) is 0 Å². The van der Waals surface area contributed by atoms with Gasteiger partial charge in [0, 0.05) is 40.7 Å². The molecular weight excluding hydrogens is 749 g/mol. The maximum Gasteiger partial charge on any atom is 0.474 e. The van der Waals surface area contributed by atoms with E-state index in [4.69, 9.17) is 143 Å². The van der Waals surface area contributed by atoms with Gasteiger partial charge < -0.3 is 0 Å². The first-order valence-electron chi connectivity index (χ1n) is 10.3. The monoisotopic (exact) mass is 772 g/mol. The predicted octanol–water partition coefficient (Wildman–Crippen LogP) is 8.15. The van der Waals surface area contributed by atoms with E-state index in [1.165, 1.54) is 0 Å². The molecule has 0 aliphatic heterocycles. The van der Waals surface area contributed by atoms with E-state index in [0.717, 1.165) is 0 Å². The molecule has 0 bridgehead atoms. The van der Waals surface area contributed by atoms with Gasteiger partial charge in [0.25, 0.3) is 0 Å². The van der Waals surface area contributed by atoms with Gasteiger partial charge in [-0.2, -0.15) is 0 Å². The molecule has 0 radical (unpaired) electrons. The van der Waals surface area contributed by atoms with Gasteiger partial charge >= 0.3 is 15.6 Å². The molecule has 0 rings (SSSR count). The van der Waals surface area contributed by atoms with Crippen LogP contribution in [0.5, 0.6) is 0 Å². The van der Waals surface area contributed by atoms with E-state index >= 15 is 0 Å². The zero-order valence-corrected chi connectivity index (χ0v) is 28.6. The highest BCUT2D eigenvalue weighted by Gasteiger charge is 2.40. The van der Waals surface area contributed by atoms with E-state index in [0.29, 0.717) is 0 Å². The fourth-order valence-corrected chi connectivity index (χ4v) is 6.07. The fourth-order valence-electron chi connectivity index (χ4n) is 1.75. The Hall–Kier alpha value is 3.12. The first kappa shape index (κ1) is 40.1. The SMILES string of the molecule is O=P(OCC(Cl)CCl)(OCC(Cl)CCl)OCC(CCl)(CCl)COP(=O)(OCC(Cl)CCl)OCC(Cl)CCl. The number of hydrogen-bond donors (Lipinski definition) is 0. The summed E-state index contributed by atoms with van der Waals surface area (Å²) in [6, 6.07) is 0. The fraction of sp³-hybridized carbons (Fsp3) is 1.00. The van der Waals surface area contributed by atoms with E-state index in [-0.39, 0.29) is 61.7 Å². The van der Waals surface area contributed by atoms with Crippen molar-refractivity contribution < 1.29 is 36.3 Å². The lowest BCUT2D eigenvalue weighted by Crippen LogP contribution is -2.36. The Bertz CT molecular complexity index is 608. The summed E-state index contributed by atoms with van der Waals surface area (Å²) < 4.78 is 58.4. The highest BCUT2D eigenvalue weighted by molar-refractivity contribution is 7.48. The van der Waals surface area contributed by atoms with Crippen molar-refractivity contribution in [2.45, 2.75) is 21.5 Å². The van der Waals surface area contributed by atoms with Crippen molar-refractivity contribution in [2.24, 2.45) is 5.41 Å². The average Bonchev–Trinajstić information content (AvgIpc) is 2.92. The Labute approximate surface area is 267 Å². The molecule has 224 valence electrons. The molecule has 0 fully saturated rings. The van der Waals surface area contributed by atoms with Crippen LogP contribution >= 0.6 is 132 Å². The lowest BCUT2D eigenvalue weighted by Gasteiger charge is -2.32. The van der Waals surface area contributed by atoms with E-state index < -0.39 is 55.8 Å². The number of phosphoric ester groups is 2.